The fraction of sp³-hybridized carbons (Fsp3) is 0.889. The summed E-state index contributed by atoms with van der Waals surface area (Å²) in [5.74, 6) is 9.95. The SMILES string of the molecule is CCC1C2CC3C4CCC5C=CC(C5)C(CC24)C13. The molecule has 6 saturated carbocycles. The molecule has 0 radical (unpaired) electrons. The Kier molecular flexibility index (Phi) is 2.01. The molecular weight excluding hydrogens is 216 g/mol. The van der Waals surface area contributed by atoms with E-state index in [1.54, 1.807) is 19.3 Å². The average molecular weight is 242 g/mol. The molecule has 18 heavy (non-hydrogen) atoms. The highest BCUT2D eigenvalue weighted by Crippen LogP contribution is 2.70. The smallest absolute Gasteiger partial charge is 0.0196 e. The van der Waals surface area contributed by atoms with E-state index >= 15 is 0 Å². The quantitative estimate of drug-likeness (QED) is 0.593. The Morgan fingerprint density at radius 3 is 2.56 bits per heavy atom. The van der Waals surface area contributed by atoms with Crippen LogP contribution in [0.5, 0.6) is 0 Å². The largest absolute Gasteiger partial charge is 0.0851 e. The molecule has 7 rings (SSSR count). The lowest BCUT2D eigenvalue weighted by atomic mass is 9.52. The van der Waals surface area contributed by atoms with Crippen LogP contribution >= 0.6 is 0 Å². The van der Waals surface area contributed by atoms with Crippen LogP contribution in [-0.4, -0.2) is 0 Å². The number of hydrogen-bond donors (Lipinski definition) is 0. The summed E-state index contributed by atoms with van der Waals surface area (Å²) in [6.45, 7) is 2.47. The summed E-state index contributed by atoms with van der Waals surface area (Å²) in [7, 11) is 0. The fourth-order valence-electron chi connectivity index (χ4n) is 7.50. The van der Waals surface area contributed by atoms with Crippen LogP contribution in [0.15, 0.2) is 12.2 Å². The van der Waals surface area contributed by atoms with E-state index < -0.39 is 0 Å². The van der Waals surface area contributed by atoms with Gasteiger partial charge in [-0.1, -0.05) is 25.5 Å². The summed E-state index contributed by atoms with van der Waals surface area (Å²) in [5, 5.41) is 0. The lowest BCUT2D eigenvalue weighted by Gasteiger charge is -2.52. The third kappa shape index (κ3) is 1.10. The Morgan fingerprint density at radius 2 is 1.72 bits per heavy atom. The third-order valence-electron chi connectivity index (χ3n) is 7.87. The fourth-order valence-corrected chi connectivity index (χ4v) is 7.50. The standard InChI is InChI=1S/C18H26/c1-2-12-15-9-17-13-6-4-10-3-5-11(7-10)14(18(12)17)8-16(13)15/h3,5,10-18H,2,4,6-9H2,1H3. The van der Waals surface area contributed by atoms with Crippen molar-refractivity contribution >= 4 is 0 Å². The minimum absolute atomic E-state index is 0.966. The molecule has 9 atom stereocenters. The first-order valence-corrected chi connectivity index (χ1v) is 8.55. The van der Waals surface area contributed by atoms with Crippen molar-refractivity contribution in [1.82, 2.24) is 0 Å². The topological polar surface area (TPSA) is 0 Å². The second-order valence-corrected chi connectivity index (χ2v) is 8.06. The molecule has 0 saturated heterocycles. The maximum absolute atomic E-state index is 2.64. The number of fused-ring (bicyclic) bond motifs is 1. The first-order chi connectivity index (χ1) is 8.86. The molecule has 0 aliphatic heterocycles. The third-order valence-corrected chi connectivity index (χ3v) is 7.87. The van der Waals surface area contributed by atoms with Gasteiger partial charge in [-0.15, -0.1) is 0 Å². The van der Waals surface area contributed by atoms with Crippen LogP contribution in [0.4, 0.5) is 0 Å². The highest BCUT2D eigenvalue weighted by Gasteiger charge is 2.64. The van der Waals surface area contributed by atoms with Gasteiger partial charge >= 0.3 is 0 Å². The molecule has 0 heteroatoms. The van der Waals surface area contributed by atoms with Gasteiger partial charge in [0, 0.05) is 0 Å². The maximum atomic E-state index is 2.64. The van der Waals surface area contributed by atoms with Crippen LogP contribution in [-0.2, 0) is 0 Å². The van der Waals surface area contributed by atoms with E-state index in [2.05, 4.69) is 19.1 Å². The molecule has 0 aromatic carbocycles. The second-order valence-electron chi connectivity index (χ2n) is 8.06. The molecule has 98 valence electrons. The highest BCUT2D eigenvalue weighted by atomic mass is 14.7. The molecule has 0 aromatic rings. The molecule has 0 heterocycles. The lowest BCUT2D eigenvalue weighted by Crippen LogP contribution is -2.47. The van der Waals surface area contributed by atoms with Gasteiger partial charge < -0.3 is 0 Å². The Hall–Kier alpha value is -0.260. The van der Waals surface area contributed by atoms with E-state index in [0.717, 1.165) is 53.3 Å². The van der Waals surface area contributed by atoms with Gasteiger partial charge in [0.15, 0.2) is 0 Å². The van der Waals surface area contributed by atoms with Crippen molar-refractivity contribution in [2.24, 2.45) is 53.3 Å². The molecule has 9 unspecified atom stereocenters. The van der Waals surface area contributed by atoms with E-state index in [1.165, 1.54) is 19.3 Å². The van der Waals surface area contributed by atoms with Gasteiger partial charge in [-0.05, 0) is 85.4 Å². The van der Waals surface area contributed by atoms with Gasteiger partial charge in [0.05, 0.1) is 0 Å². The number of rotatable bonds is 1. The van der Waals surface area contributed by atoms with Crippen LogP contribution in [0.3, 0.4) is 0 Å². The molecule has 7 aliphatic carbocycles. The minimum atomic E-state index is 0.966. The van der Waals surface area contributed by atoms with Gasteiger partial charge in [-0.2, -0.15) is 0 Å². The van der Waals surface area contributed by atoms with Crippen molar-refractivity contribution in [2.45, 2.75) is 45.4 Å². The van der Waals surface area contributed by atoms with Crippen LogP contribution in [0.25, 0.3) is 0 Å². The predicted molar refractivity (Wildman–Crippen MR) is 73.9 cm³/mol. The zero-order valence-corrected chi connectivity index (χ0v) is 11.6. The Labute approximate surface area is 111 Å². The minimum Gasteiger partial charge on any atom is -0.0851 e. The monoisotopic (exact) mass is 242 g/mol. The van der Waals surface area contributed by atoms with E-state index in [4.69, 9.17) is 0 Å². The van der Waals surface area contributed by atoms with Gasteiger partial charge in [-0.25, -0.2) is 0 Å². The maximum Gasteiger partial charge on any atom is -0.0196 e. The number of hydrogen-bond acceptors (Lipinski definition) is 0. The lowest BCUT2D eigenvalue weighted by molar-refractivity contribution is -0.0389. The molecule has 7 aliphatic rings. The highest BCUT2D eigenvalue weighted by molar-refractivity contribution is 5.16. The van der Waals surface area contributed by atoms with Crippen LogP contribution in [0.1, 0.15) is 45.4 Å². The summed E-state index contributed by atoms with van der Waals surface area (Å²) in [6, 6.07) is 0. The molecule has 0 N–H and O–H groups in total. The second kappa shape index (κ2) is 3.44. The Morgan fingerprint density at radius 1 is 0.833 bits per heavy atom. The van der Waals surface area contributed by atoms with Crippen LogP contribution in [0, 0.1) is 53.3 Å². The summed E-state index contributed by atoms with van der Waals surface area (Å²) < 4.78 is 0. The average Bonchev–Trinajstić information content (AvgIpc) is 3.06. The molecule has 8 bridgehead atoms. The van der Waals surface area contributed by atoms with Crippen molar-refractivity contribution in [3.8, 4) is 0 Å². The van der Waals surface area contributed by atoms with E-state index in [0.29, 0.717) is 0 Å². The zero-order chi connectivity index (χ0) is 11.9. The molecule has 0 nitrogen and oxygen atoms in total. The molecule has 0 spiro atoms. The zero-order valence-electron chi connectivity index (χ0n) is 11.6. The number of allylic oxidation sites excluding steroid dienone is 2. The van der Waals surface area contributed by atoms with E-state index in [-0.39, 0.29) is 0 Å². The van der Waals surface area contributed by atoms with Crippen molar-refractivity contribution < 1.29 is 0 Å². The van der Waals surface area contributed by atoms with Gasteiger partial charge in [0.2, 0.25) is 0 Å². The van der Waals surface area contributed by atoms with Gasteiger partial charge in [-0.3, -0.25) is 0 Å². The first-order valence-electron chi connectivity index (χ1n) is 8.55. The van der Waals surface area contributed by atoms with Gasteiger partial charge in [0.1, 0.15) is 0 Å². The van der Waals surface area contributed by atoms with Gasteiger partial charge in [0.25, 0.3) is 0 Å². The normalized spacial score (nSPS) is 63.3. The first kappa shape index (κ1) is 10.5. The summed E-state index contributed by atoms with van der Waals surface area (Å²) in [5.41, 5.74) is 0. The molecule has 0 amide bonds. The summed E-state index contributed by atoms with van der Waals surface area (Å²) in [6.07, 6.45) is 14.6. The van der Waals surface area contributed by atoms with Crippen molar-refractivity contribution in [2.75, 3.05) is 0 Å². The Balaban J connectivity index is 1.60. The Bertz CT molecular complexity index is 393. The predicted octanol–water partition coefficient (Wildman–Crippen LogP) is 4.52. The summed E-state index contributed by atoms with van der Waals surface area (Å²) in [4.78, 5) is 0. The van der Waals surface area contributed by atoms with Crippen LogP contribution in [0.2, 0.25) is 0 Å². The summed E-state index contributed by atoms with van der Waals surface area (Å²) >= 11 is 0. The van der Waals surface area contributed by atoms with Crippen molar-refractivity contribution in [3.63, 3.8) is 0 Å². The molecular formula is C18H26. The van der Waals surface area contributed by atoms with E-state index in [1.807, 2.05) is 0 Å². The molecule has 6 fully saturated rings. The van der Waals surface area contributed by atoms with Crippen molar-refractivity contribution in [3.05, 3.63) is 12.2 Å². The van der Waals surface area contributed by atoms with E-state index in [9.17, 15) is 0 Å². The molecule has 0 aromatic heterocycles. The van der Waals surface area contributed by atoms with Crippen LogP contribution < -0.4 is 0 Å². The van der Waals surface area contributed by atoms with Crippen molar-refractivity contribution in [1.29, 1.82) is 0 Å².